The minimum absolute atomic E-state index is 0.259. The highest BCUT2D eigenvalue weighted by Crippen LogP contribution is 2.16. The van der Waals surface area contributed by atoms with Gasteiger partial charge in [-0.1, -0.05) is 6.42 Å². The van der Waals surface area contributed by atoms with Crippen molar-refractivity contribution in [3.8, 4) is 0 Å². The van der Waals surface area contributed by atoms with Gasteiger partial charge >= 0.3 is 0 Å². The highest BCUT2D eigenvalue weighted by molar-refractivity contribution is 7.87. The monoisotopic (exact) mass is 272 g/mol. The van der Waals surface area contributed by atoms with Crippen LogP contribution in [0, 0.1) is 0 Å². The van der Waals surface area contributed by atoms with Crippen LogP contribution in [0.2, 0.25) is 0 Å². The van der Waals surface area contributed by atoms with Gasteiger partial charge in [-0.25, -0.2) is 0 Å². The average Bonchev–Trinajstić information content (AvgIpc) is 2.77. The van der Waals surface area contributed by atoms with Crippen LogP contribution in [0.5, 0.6) is 0 Å². The second-order valence-corrected chi connectivity index (χ2v) is 6.45. The first-order valence-electron chi connectivity index (χ1n) is 6.25. The SMILES string of the molecule is C[C@H](NS(=O)(=O)N1CCCCC1)c1cnn(C)c1. The Bertz CT molecular complexity index is 491. The van der Waals surface area contributed by atoms with E-state index in [1.807, 2.05) is 20.2 Å². The summed E-state index contributed by atoms with van der Waals surface area (Å²) in [6.45, 7) is 3.07. The molecule has 2 rings (SSSR count). The summed E-state index contributed by atoms with van der Waals surface area (Å²) in [4.78, 5) is 0. The molecule has 0 amide bonds. The van der Waals surface area contributed by atoms with E-state index in [2.05, 4.69) is 9.82 Å². The second kappa shape index (κ2) is 5.38. The molecule has 1 aliphatic heterocycles. The van der Waals surface area contributed by atoms with Crippen molar-refractivity contribution in [2.45, 2.75) is 32.2 Å². The Kier molecular flexibility index (Phi) is 4.04. The highest BCUT2D eigenvalue weighted by Gasteiger charge is 2.25. The van der Waals surface area contributed by atoms with Crippen LogP contribution < -0.4 is 4.72 Å². The van der Waals surface area contributed by atoms with Gasteiger partial charge in [-0.15, -0.1) is 0 Å². The third-order valence-corrected chi connectivity index (χ3v) is 4.90. The predicted molar refractivity (Wildman–Crippen MR) is 69.1 cm³/mol. The minimum atomic E-state index is -3.38. The van der Waals surface area contributed by atoms with Crippen LogP contribution >= 0.6 is 0 Å². The van der Waals surface area contributed by atoms with Crippen molar-refractivity contribution in [3.05, 3.63) is 18.0 Å². The van der Waals surface area contributed by atoms with Crippen molar-refractivity contribution in [2.75, 3.05) is 13.1 Å². The zero-order chi connectivity index (χ0) is 13.2. The Balaban J connectivity index is 2.03. The maximum absolute atomic E-state index is 12.2. The topological polar surface area (TPSA) is 67.2 Å². The van der Waals surface area contributed by atoms with Crippen LogP contribution in [0.3, 0.4) is 0 Å². The summed E-state index contributed by atoms with van der Waals surface area (Å²) < 4.78 is 30.2. The van der Waals surface area contributed by atoms with E-state index in [1.54, 1.807) is 10.9 Å². The van der Waals surface area contributed by atoms with Gasteiger partial charge < -0.3 is 0 Å². The number of nitrogens with one attached hydrogen (secondary N) is 1. The molecule has 102 valence electrons. The zero-order valence-corrected chi connectivity index (χ0v) is 11.7. The third kappa shape index (κ3) is 3.09. The van der Waals surface area contributed by atoms with Gasteiger partial charge in [0.25, 0.3) is 10.2 Å². The van der Waals surface area contributed by atoms with Crippen LogP contribution in [-0.2, 0) is 17.3 Å². The fraction of sp³-hybridized carbons (Fsp3) is 0.727. The predicted octanol–water partition coefficient (Wildman–Crippen LogP) is 0.801. The van der Waals surface area contributed by atoms with E-state index in [1.165, 1.54) is 4.31 Å². The Labute approximate surface area is 108 Å². The molecule has 0 bridgehead atoms. The molecular weight excluding hydrogens is 252 g/mol. The Morgan fingerprint density at radius 3 is 2.56 bits per heavy atom. The molecule has 1 aliphatic rings. The Morgan fingerprint density at radius 2 is 2.00 bits per heavy atom. The lowest BCUT2D eigenvalue weighted by Gasteiger charge is -2.27. The fourth-order valence-electron chi connectivity index (χ4n) is 2.13. The van der Waals surface area contributed by atoms with E-state index >= 15 is 0 Å². The van der Waals surface area contributed by atoms with Crippen molar-refractivity contribution < 1.29 is 8.42 Å². The van der Waals surface area contributed by atoms with Gasteiger partial charge in [-0.3, -0.25) is 4.68 Å². The van der Waals surface area contributed by atoms with Gasteiger partial charge in [0.1, 0.15) is 0 Å². The molecule has 0 radical (unpaired) electrons. The summed E-state index contributed by atoms with van der Waals surface area (Å²) in [5, 5.41) is 4.05. The molecule has 1 saturated heterocycles. The second-order valence-electron chi connectivity index (χ2n) is 4.75. The van der Waals surface area contributed by atoms with Crippen LogP contribution in [0.25, 0.3) is 0 Å². The molecule has 1 N–H and O–H groups in total. The van der Waals surface area contributed by atoms with Gasteiger partial charge in [0.2, 0.25) is 0 Å². The van der Waals surface area contributed by atoms with Crippen molar-refractivity contribution in [1.29, 1.82) is 0 Å². The number of hydrogen-bond acceptors (Lipinski definition) is 3. The van der Waals surface area contributed by atoms with E-state index in [4.69, 9.17) is 0 Å². The highest BCUT2D eigenvalue weighted by atomic mass is 32.2. The Morgan fingerprint density at radius 1 is 1.33 bits per heavy atom. The lowest BCUT2D eigenvalue weighted by Crippen LogP contribution is -2.44. The van der Waals surface area contributed by atoms with E-state index < -0.39 is 10.2 Å². The molecule has 1 fully saturated rings. The molecule has 7 heteroatoms. The molecule has 18 heavy (non-hydrogen) atoms. The summed E-state index contributed by atoms with van der Waals surface area (Å²) in [7, 11) is -1.56. The zero-order valence-electron chi connectivity index (χ0n) is 10.8. The number of aromatic nitrogens is 2. The smallest absolute Gasteiger partial charge is 0.275 e. The number of piperidine rings is 1. The molecule has 2 heterocycles. The molecule has 0 saturated carbocycles. The first kappa shape index (κ1) is 13.5. The lowest BCUT2D eigenvalue weighted by atomic mass is 10.2. The normalized spacial score (nSPS) is 19.9. The van der Waals surface area contributed by atoms with Crippen molar-refractivity contribution in [2.24, 2.45) is 7.05 Å². The maximum atomic E-state index is 12.2. The quantitative estimate of drug-likeness (QED) is 0.881. The molecule has 1 aromatic heterocycles. The molecule has 6 nitrogen and oxygen atoms in total. The fourth-order valence-corrected chi connectivity index (χ4v) is 3.61. The van der Waals surface area contributed by atoms with E-state index in [9.17, 15) is 8.42 Å². The first-order chi connectivity index (χ1) is 8.49. The van der Waals surface area contributed by atoms with Crippen LogP contribution in [0.1, 0.15) is 37.8 Å². The number of aryl methyl sites for hydroxylation is 1. The summed E-state index contributed by atoms with van der Waals surface area (Å²) in [5.74, 6) is 0. The molecule has 0 aliphatic carbocycles. The van der Waals surface area contributed by atoms with Gasteiger partial charge in [0, 0.05) is 37.9 Å². The maximum Gasteiger partial charge on any atom is 0.279 e. The molecule has 1 atom stereocenters. The number of hydrogen-bond donors (Lipinski definition) is 1. The van der Waals surface area contributed by atoms with E-state index in [-0.39, 0.29) is 6.04 Å². The molecule has 0 unspecified atom stereocenters. The van der Waals surface area contributed by atoms with Crippen molar-refractivity contribution in [3.63, 3.8) is 0 Å². The number of rotatable bonds is 4. The van der Waals surface area contributed by atoms with Gasteiger partial charge in [-0.2, -0.15) is 22.5 Å². The summed E-state index contributed by atoms with van der Waals surface area (Å²) in [6, 6.07) is -0.259. The summed E-state index contributed by atoms with van der Waals surface area (Å²) in [6.07, 6.45) is 6.52. The van der Waals surface area contributed by atoms with Crippen LogP contribution in [-0.4, -0.2) is 35.6 Å². The van der Waals surface area contributed by atoms with Crippen LogP contribution in [0.4, 0.5) is 0 Å². The molecular formula is C11H20N4O2S. The van der Waals surface area contributed by atoms with Gasteiger partial charge in [-0.05, 0) is 19.8 Å². The molecule has 1 aromatic rings. The number of nitrogens with zero attached hydrogens (tertiary/aromatic N) is 3. The standard InChI is InChI=1S/C11H20N4O2S/c1-10(11-8-12-14(2)9-11)13-18(16,17)15-6-4-3-5-7-15/h8-10,13H,3-7H2,1-2H3/t10-/m0/s1. The third-order valence-electron chi connectivity index (χ3n) is 3.21. The largest absolute Gasteiger partial charge is 0.279 e. The van der Waals surface area contributed by atoms with Crippen molar-refractivity contribution >= 4 is 10.2 Å². The Hall–Kier alpha value is -0.920. The van der Waals surface area contributed by atoms with Crippen LogP contribution in [0.15, 0.2) is 12.4 Å². The van der Waals surface area contributed by atoms with Gasteiger partial charge in [0.05, 0.1) is 6.20 Å². The van der Waals surface area contributed by atoms with E-state index in [0.29, 0.717) is 13.1 Å². The first-order valence-corrected chi connectivity index (χ1v) is 7.69. The average molecular weight is 272 g/mol. The lowest BCUT2D eigenvalue weighted by molar-refractivity contribution is 0.339. The van der Waals surface area contributed by atoms with E-state index in [0.717, 1.165) is 24.8 Å². The van der Waals surface area contributed by atoms with Crippen molar-refractivity contribution in [1.82, 2.24) is 18.8 Å². The molecule has 0 aromatic carbocycles. The molecule has 0 spiro atoms. The summed E-state index contributed by atoms with van der Waals surface area (Å²) >= 11 is 0. The van der Waals surface area contributed by atoms with Gasteiger partial charge in [0.15, 0.2) is 0 Å². The minimum Gasteiger partial charge on any atom is -0.275 e. The summed E-state index contributed by atoms with van der Waals surface area (Å²) in [5.41, 5.74) is 0.873.